The van der Waals surface area contributed by atoms with E-state index in [9.17, 15) is 15.0 Å². The average molecular weight is 501 g/mol. The molecule has 0 aliphatic heterocycles. The van der Waals surface area contributed by atoms with Crippen molar-refractivity contribution < 1.29 is 19.7 Å². The predicted octanol–water partition coefficient (Wildman–Crippen LogP) is 6.85. The standard InChI is InChI=1S/C31H32O4S/c1-5-28(30(32)33)35-29-16-15-27(21-22(29)2)36-20-18-26(17-19-31(3,4)34)25-13-11-24(12-14-25)23-9-7-6-8-10-23/h6-16,18,21,28,34H,5,20H2,1-4H3,(H,32,33). The van der Waals surface area contributed by atoms with Crippen LogP contribution in [0.4, 0.5) is 0 Å². The molecule has 36 heavy (non-hydrogen) atoms. The van der Waals surface area contributed by atoms with Crippen molar-refractivity contribution in [2.75, 3.05) is 5.75 Å². The van der Waals surface area contributed by atoms with E-state index in [1.165, 1.54) is 0 Å². The number of aliphatic hydroxyl groups is 1. The fourth-order valence-electron chi connectivity index (χ4n) is 3.46. The van der Waals surface area contributed by atoms with Crippen LogP contribution in [0.1, 0.15) is 38.3 Å². The summed E-state index contributed by atoms with van der Waals surface area (Å²) in [5, 5.41) is 19.4. The molecule has 0 spiro atoms. The van der Waals surface area contributed by atoms with Crippen LogP contribution < -0.4 is 4.74 Å². The van der Waals surface area contributed by atoms with E-state index in [1.807, 2.05) is 43.3 Å². The number of allylic oxidation sites excluding steroid dienone is 1. The van der Waals surface area contributed by atoms with E-state index in [4.69, 9.17) is 4.74 Å². The van der Waals surface area contributed by atoms with Gasteiger partial charge >= 0.3 is 5.97 Å². The Morgan fingerprint density at radius 2 is 1.72 bits per heavy atom. The van der Waals surface area contributed by atoms with Crippen molar-refractivity contribution in [3.05, 3.63) is 90.0 Å². The topological polar surface area (TPSA) is 66.8 Å². The maximum absolute atomic E-state index is 11.3. The smallest absolute Gasteiger partial charge is 0.344 e. The van der Waals surface area contributed by atoms with E-state index < -0.39 is 17.7 Å². The highest BCUT2D eigenvalue weighted by molar-refractivity contribution is 7.99. The molecule has 0 amide bonds. The van der Waals surface area contributed by atoms with E-state index in [-0.39, 0.29) is 0 Å². The summed E-state index contributed by atoms with van der Waals surface area (Å²) >= 11 is 1.65. The van der Waals surface area contributed by atoms with Gasteiger partial charge < -0.3 is 14.9 Å². The van der Waals surface area contributed by atoms with Gasteiger partial charge in [0.05, 0.1) is 0 Å². The van der Waals surface area contributed by atoms with E-state index in [2.05, 4.69) is 54.3 Å². The van der Waals surface area contributed by atoms with E-state index in [0.717, 1.165) is 32.7 Å². The third-order valence-corrected chi connectivity index (χ3v) is 6.33. The fraction of sp³-hybridized carbons (Fsp3) is 0.258. The lowest BCUT2D eigenvalue weighted by Crippen LogP contribution is -2.26. The van der Waals surface area contributed by atoms with Gasteiger partial charge in [-0.1, -0.05) is 79.4 Å². The second-order valence-electron chi connectivity index (χ2n) is 8.96. The second kappa shape index (κ2) is 12.5. The molecule has 0 aromatic heterocycles. The lowest BCUT2D eigenvalue weighted by Gasteiger charge is -2.15. The van der Waals surface area contributed by atoms with Crippen LogP contribution in [0, 0.1) is 18.8 Å². The Kier molecular flexibility index (Phi) is 9.41. The lowest BCUT2D eigenvalue weighted by atomic mass is 10.00. The largest absolute Gasteiger partial charge is 0.479 e. The number of carboxylic acid groups (broad SMARTS) is 1. The molecular weight excluding hydrogens is 468 g/mol. The predicted molar refractivity (Wildman–Crippen MR) is 148 cm³/mol. The molecule has 5 heteroatoms. The molecule has 3 aromatic carbocycles. The highest BCUT2D eigenvalue weighted by Crippen LogP contribution is 2.28. The molecule has 1 unspecified atom stereocenters. The number of carbonyl (C=O) groups is 1. The molecule has 0 aliphatic carbocycles. The molecule has 0 bridgehead atoms. The van der Waals surface area contributed by atoms with E-state index >= 15 is 0 Å². The van der Waals surface area contributed by atoms with Crippen LogP contribution in [0.2, 0.25) is 0 Å². The molecule has 3 rings (SSSR count). The number of benzene rings is 3. The summed E-state index contributed by atoms with van der Waals surface area (Å²) in [5.74, 6) is 6.39. The summed E-state index contributed by atoms with van der Waals surface area (Å²) in [6, 6.07) is 24.3. The molecule has 4 nitrogen and oxygen atoms in total. The van der Waals surface area contributed by atoms with Crippen LogP contribution in [-0.2, 0) is 4.79 Å². The summed E-state index contributed by atoms with van der Waals surface area (Å²) in [4.78, 5) is 12.3. The number of thioether (sulfide) groups is 1. The van der Waals surface area contributed by atoms with Gasteiger partial charge in [-0.15, -0.1) is 11.8 Å². The van der Waals surface area contributed by atoms with Gasteiger partial charge in [0, 0.05) is 16.2 Å². The number of carboxylic acids is 1. The van der Waals surface area contributed by atoms with Crippen molar-refractivity contribution in [2.45, 2.75) is 50.7 Å². The third-order valence-electron chi connectivity index (χ3n) is 5.41. The molecule has 3 aromatic rings. The monoisotopic (exact) mass is 500 g/mol. The SMILES string of the molecule is CCC(Oc1ccc(SCC=C(C#CC(C)(C)O)c2ccc(-c3ccccc3)cc2)cc1C)C(=O)O. The average Bonchev–Trinajstić information content (AvgIpc) is 2.85. The molecule has 2 N–H and O–H groups in total. The minimum absolute atomic E-state index is 0.400. The first-order valence-electron chi connectivity index (χ1n) is 11.9. The fourth-order valence-corrected chi connectivity index (χ4v) is 4.33. The van der Waals surface area contributed by atoms with Gasteiger partial charge in [0.15, 0.2) is 6.10 Å². The summed E-state index contributed by atoms with van der Waals surface area (Å²) < 4.78 is 5.65. The quantitative estimate of drug-likeness (QED) is 0.248. The molecule has 0 fully saturated rings. The highest BCUT2D eigenvalue weighted by atomic mass is 32.2. The minimum atomic E-state index is -1.09. The highest BCUT2D eigenvalue weighted by Gasteiger charge is 2.17. The molecule has 0 radical (unpaired) electrons. The normalized spacial score (nSPS) is 12.4. The van der Waals surface area contributed by atoms with Crippen molar-refractivity contribution in [1.82, 2.24) is 0 Å². The summed E-state index contributed by atoms with van der Waals surface area (Å²) in [7, 11) is 0. The van der Waals surface area contributed by atoms with Crippen molar-refractivity contribution in [3.8, 4) is 28.7 Å². The Morgan fingerprint density at radius 3 is 2.31 bits per heavy atom. The Balaban J connectivity index is 1.77. The van der Waals surface area contributed by atoms with Crippen LogP contribution in [-0.4, -0.2) is 33.6 Å². The van der Waals surface area contributed by atoms with Crippen LogP contribution in [0.5, 0.6) is 5.75 Å². The first kappa shape index (κ1) is 27.1. The van der Waals surface area contributed by atoms with Crippen LogP contribution >= 0.6 is 11.8 Å². The molecule has 186 valence electrons. The number of rotatable bonds is 9. The van der Waals surface area contributed by atoms with Crippen LogP contribution in [0.15, 0.2) is 83.8 Å². The van der Waals surface area contributed by atoms with Gasteiger partial charge in [0.1, 0.15) is 11.4 Å². The Bertz CT molecular complexity index is 1260. The Hall–Kier alpha value is -3.46. The number of aryl methyl sites for hydroxylation is 1. The Morgan fingerprint density at radius 1 is 1.06 bits per heavy atom. The van der Waals surface area contributed by atoms with Crippen molar-refractivity contribution in [2.24, 2.45) is 0 Å². The molecule has 1 atom stereocenters. The molecule has 0 saturated carbocycles. The van der Waals surface area contributed by atoms with E-state index in [0.29, 0.717) is 17.9 Å². The van der Waals surface area contributed by atoms with Gasteiger partial charge in [0.25, 0.3) is 0 Å². The number of aliphatic carboxylic acids is 1. The zero-order chi connectivity index (χ0) is 26.1. The summed E-state index contributed by atoms with van der Waals surface area (Å²) in [5.41, 5.74) is 3.94. The molecular formula is C31H32O4S. The molecule has 0 aliphatic rings. The van der Waals surface area contributed by atoms with Gasteiger partial charge in [-0.25, -0.2) is 4.79 Å². The van der Waals surface area contributed by atoms with Crippen molar-refractivity contribution >= 4 is 23.3 Å². The first-order chi connectivity index (χ1) is 17.2. The summed E-state index contributed by atoms with van der Waals surface area (Å²) in [6.45, 7) is 7.05. The van der Waals surface area contributed by atoms with E-state index in [1.54, 1.807) is 32.5 Å². The number of hydrogen-bond donors (Lipinski definition) is 2. The van der Waals surface area contributed by atoms with Gasteiger partial charge in [-0.05, 0) is 67.6 Å². The van der Waals surface area contributed by atoms with Crippen molar-refractivity contribution in [3.63, 3.8) is 0 Å². The van der Waals surface area contributed by atoms with Gasteiger partial charge in [-0.2, -0.15) is 0 Å². The summed E-state index contributed by atoms with van der Waals surface area (Å²) in [6.07, 6.45) is 1.62. The van der Waals surface area contributed by atoms with Crippen LogP contribution in [0.3, 0.4) is 0 Å². The molecule has 0 heterocycles. The zero-order valence-electron chi connectivity index (χ0n) is 21.1. The molecule has 0 saturated heterocycles. The first-order valence-corrected chi connectivity index (χ1v) is 12.9. The minimum Gasteiger partial charge on any atom is -0.479 e. The number of hydrogen-bond acceptors (Lipinski definition) is 4. The lowest BCUT2D eigenvalue weighted by molar-refractivity contribution is -0.145. The third kappa shape index (κ3) is 8.05. The second-order valence-corrected chi connectivity index (χ2v) is 10.1. The van der Waals surface area contributed by atoms with Gasteiger partial charge in [0.2, 0.25) is 0 Å². The van der Waals surface area contributed by atoms with Gasteiger partial charge in [-0.3, -0.25) is 0 Å². The Labute approximate surface area is 218 Å². The van der Waals surface area contributed by atoms with Crippen LogP contribution in [0.25, 0.3) is 16.7 Å². The number of ether oxygens (including phenoxy) is 1. The maximum atomic E-state index is 11.3. The maximum Gasteiger partial charge on any atom is 0.344 e. The van der Waals surface area contributed by atoms with Crippen molar-refractivity contribution in [1.29, 1.82) is 0 Å². The zero-order valence-corrected chi connectivity index (χ0v) is 21.9.